The summed E-state index contributed by atoms with van der Waals surface area (Å²) in [5.41, 5.74) is -0.0859. The van der Waals surface area contributed by atoms with Gasteiger partial charge in [-0.15, -0.1) is 0 Å². The van der Waals surface area contributed by atoms with Crippen molar-refractivity contribution in [3.8, 4) is 5.75 Å². The van der Waals surface area contributed by atoms with E-state index in [1.165, 1.54) is 13.0 Å². The molecular formula is C13H18ClNO5S. The first-order chi connectivity index (χ1) is 9.66. The Morgan fingerprint density at radius 3 is 2.52 bits per heavy atom. The van der Waals surface area contributed by atoms with Crippen LogP contribution in [0.25, 0.3) is 0 Å². The number of halogens is 1. The van der Waals surface area contributed by atoms with Gasteiger partial charge in [0.15, 0.2) is 5.75 Å². The van der Waals surface area contributed by atoms with Crippen LogP contribution in [0.4, 0.5) is 5.69 Å². The average molecular weight is 336 g/mol. The maximum Gasteiger partial charge on any atom is 0.312 e. The molecule has 0 aromatic heterocycles. The first-order valence-corrected chi connectivity index (χ1v) is 8.84. The predicted octanol–water partition coefficient (Wildman–Crippen LogP) is 3.65. The van der Waals surface area contributed by atoms with Gasteiger partial charge in [-0.3, -0.25) is 10.1 Å². The summed E-state index contributed by atoms with van der Waals surface area (Å²) in [5, 5.41) is 11.1. The number of rotatable bonds is 7. The molecule has 6 nitrogen and oxygen atoms in total. The minimum absolute atomic E-state index is 0.0597. The Kier molecular flexibility index (Phi) is 5.98. The average Bonchev–Trinajstić information content (AvgIpc) is 2.34. The molecule has 0 saturated carbocycles. The molecule has 0 spiro atoms. The predicted molar refractivity (Wildman–Crippen MR) is 80.4 cm³/mol. The van der Waals surface area contributed by atoms with Crippen molar-refractivity contribution < 1.29 is 18.1 Å². The Hall–Kier alpha value is -1.34. The number of nitro benzene ring substituents is 1. The molecule has 0 N–H and O–H groups in total. The molecule has 1 unspecified atom stereocenters. The first-order valence-electron chi connectivity index (χ1n) is 6.53. The summed E-state index contributed by atoms with van der Waals surface area (Å²) >= 11 is 0. The third-order valence-corrected chi connectivity index (χ3v) is 4.48. The van der Waals surface area contributed by atoms with Crippen LogP contribution >= 0.6 is 10.7 Å². The van der Waals surface area contributed by atoms with E-state index in [-0.39, 0.29) is 16.6 Å². The van der Waals surface area contributed by atoms with E-state index in [1.54, 1.807) is 0 Å². The standard InChI is InChI=1S/C13H18ClNO5S/c1-4-5-9(2)8-20-12-6-10(3)13(21(14,18)19)7-11(12)15(16)17/h6-7,9H,4-5,8H2,1-3H3. The van der Waals surface area contributed by atoms with Gasteiger partial charge in [0.25, 0.3) is 9.05 Å². The van der Waals surface area contributed by atoms with Crippen molar-refractivity contribution >= 4 is 25.4 Å². The maximum absolute atomic E-state index is 11.4. The highest BCUT2D eigenvalue weighted by atomic mass is 35.7. The lowest BCUT2D eigenvalue weighted by Crippen LogP contribution is -2.10. The van der Waals surface area contributed by atoms with Crippen LogP contribution in [0.1, 0.15) is 32.3 Å². The second kappa shape index (κ2) is 7.09. The molecule has 118 valence electrons. The second-order valence-corrected chi connectivity index (χ2v) is 7.52. The Morgan fingerprint density at radius 1 is 1.43 bits per heavy atom. The summed E-state index contributed by atoms with van der Waals surface area (Å²) in [6.07, 6.45) is 1.94. The minimum Gasteiger partial charge on any atom is -0.487 e. The lowest BCUT2D eigenvalue weighted by molar-refractivity contribution is -0.386. The molecule has 1 atom stereocenters. The fourth-order valence-corrected chi connectivity index (χ4v) is 3.17. The molecule has 1 aromatic rings. The molecule has 0 heterocycles. The number of aryl methyl sites for hydroxylation is 1. The van der Waals surface area contributed by atoms with Gasteiger partial charge in [-0.2, -0.15) is 0 Å². The highest BCUT2D eigenvalue weighted by Gasteiger charge is 2.24. The number of hydrogen-bond donors (Lipinski definition) is 0. The van der Waals surface area contributed by atoms with E-state index >= 15 is 0 Å². The normalized spacial score (nSPS) is 13.0. The lowest BCUT2D eigenvalue weighted by Gasteiger charge is -2.13. The van der Waals surface area contributed by atoms with E-state index in [1.807, 2.05) is 13.8 Å². The van der Waals surface area contributed by atoms with Gasteiger partial charge < -0.3 is 4.74 Å². The van der Waals surface area contributed by atoms with E-state index in [9.17, 15) is 18.5 Å². The SMILES string of the molecule is CCCC(C)COc1cc(C)c(S(=O)(=O)Cl)cc1[N+](=O)[O-]. The highest BCUT2D eigenvalue weighted by molar-refractivity contribution is 8.13. The summed E-state index contributed by atoms with van der Waals surface area (Å²) < 4.78 is 28.3. The van der Waals surface area contributed by atoms with Gasteiger partial charge in [-0.1, -0.05) is 20.3 Å². The number of benzene rings is 1. The van der Waals surface area contributed by atoms with Crippen LogP contribution in [-0.2, 0) is 9.05 Å². The molecule has 21 heavy (non-hydrogen) atoms. The molecule has 0 aliphatic carbocycles. The summed E-state index contributed by atoms with van der Waals surface area (Å²) in [7, 11) is 1.24. The van der Waals surface area contributed by atoms with Crippen molar-refractivity contribution in [2.45, 2.75) is 38.5 Å². The van der Waals surface area contributed by atoms with Gasteiger partial charge in [0.1, 0.15) is 0 Å². The van der Waals surface area contributed by atoms with Crippen molar-refractivity contribution in [3.63, 3.8) is 0 Å². The van der Waals surface area contributed by atoms with Crippen LogP contribution in [0.15, 0.2) is 17.0 Å². The Morgan fingerprint density at radius 2 is 2.05 bits per heavy atom. The quantitative estimate of drug-likeness (QED) is 0.431. The van der Waals surface area contributed by atoms with E-state index in [0.29, 0.717) is 12.2 Å². The number of ether oxygens (including phenoxy) is 1. The molecule has 0 bridgehead atoms. The molecule has 0 aliphatic heterocycles. The molecule has 0 saturated heterocycles. The zero-order chi connectivity index (χ0) is 16.2. The molecule has 0 fully saturated rings. The van der Waals surface area contributed by atoms with Crippen molar-refractivity contribution in [2.24, 2.45) is 5.92 Å². The van der Waals surface area contributed by atoms with Crippen molar-refractivity contribution in [1.82, 2.24) is 0 Å². The molecule has 0 aliphatic rings. The number of hydrogen-bond acceptors (Lipinski definition) is 5. The largest absolute Gasteiger partial charge is 0.487 e. The van der Waals surface area contributed by atoms with E-state index in [2.05, 4.69) is 0 Å². The molecule has 0 amide bonds. The summed E-state index contributed by atoms with van der Waals surface area (Å²) in [4.78, 5) is 10.1. The molecular weight excluding hydrogens is 318 g/mol. The lowest BCUT2D eigenvalue weighted by atomic mass is 10.1. The summed E-state index contributed by atoms with van der Waals surface area (Å²) in [6, 6.07) is 2.28. The molecule has 1 aromatic carbocycles. The third kappa shape index (κ3) is 4.86. The fraction of sp³-hybridized carbons (Fsp3) is 0.538. The van der Waals surface area contributed by atoms with Crippen LogP contribution in [0.2, 0.25) is 0 Å². The molecule has 8 heteroatoms. The van der Waals surface area contributed by atoms with E-state index in [0.717, 1.165) is 18.9 Å². The number of nitrogens with zero attached hydrogens (tertiary/aromatic N) is 1. The fourth-order valence-electron chi connectivity index (χ4n) is 1.98. The van der Waals surface area contributed by atoms with Crippen LogP contribution in [0, 0.1) is 23.0 Å². The maximum atomic E-state index is 11.4. The monoisotopic (exact) mass is 335 g/mol. The van der Waals surface area contributed by atoms with E-state index < -0.39 is 19.7 Å². The zero-order valence-electron chi connectivity index (χ0n) is 12.1. The number of nitro groups is 1. The minimum atomic E-state index is -4.03. The van der Waals surface area contributed by atoms with Crippen molar-refractivity contribution in [3.05, 3.63) is 27.8 Å². The van der Waals surface area contributed by atoms with Gasteiger partial charge in [0.2, 0.25) is 0 Å². The zero-order valence-corrected chi connectivity index (χ0v) is 13.7. The van der Waals surface area contributed by atoms with Crippen molar-refractivity contribution in [2.75, 3.05) is 6.61 Å². The topological polar surface area (TPSA) is 86.5 Å². The highest BCUT2D eigenvalue weighted by Crippen LogP contribution is 2.34. The van der Waals surface area contributed by atoms with Gasteiger partial charge in [0.05, 0.1) is 16.4 Å². The van der Waals surface area contributed by atoms with Gasteiger partial charge in [-0.25, -0.2) is 8.42 Å². The molecule has 1 rings (SSSR count). The van der Waals surface area contributed by atoms with Crippen molar-refractivity contribution in [1.29, 1.82) is 0 Å². The van der Waals surface area contributed by atoms with Gasteiger partial charge >= 0.3 is 5.69 Å². The molecule has 0 radical (unpaired) electrons. The third-order valence-electron chi connectivity index (χ3n) is 3.02. The second-order valence-electron chi connectivity index (χ2n) is 4.99. The Balaban J connectivity index is 3.15. The first kappa shape index (κ1) is 17.7. The summed E-state index contributed by atoms with van der Waals surface area (Å²) in [5.74, 6) is 0.316. The summed E-state index contributed by atoms with van der Waals surface area (Å²) in [6.45, 7) is 5.88. The van der Waals surface area contributed by atoms with Crippen LogP contribution < -0.4 is 4.74 Å². The Bertz CT molecular complexity index is 630. The van der Waals surface area contributed by atoms with E-state index in [4.69, 9.17) is 15.4 Å². The van der Waals surface area contributed by atoms with Crippen LogP contribution in [0.5, 0.6) is 5.75 Å². The van der Waals surface area contributed by atoms with Crippen LogP contribution in [-0.4, -0.2) is 19.9 Å². The van der Waals surface area contributed by atoms with Gasteiger partial charge in [-0.05, 0) is 30.9 Å². The smallest absolute Gasteiger partial charge is 0.312 e. The van der Waals surface area contributed by atoms with Crippen LogP contribution in [0.3, 0.4) is 0 Å². The Labute approximate surface area is 128 Å². The van der Waals surface area contributed by atoms with Gasteiger partial charge in [0, 0.05) is 16.7 Å².